The van der Waals surface area contributed by atoms with Gasteiger partial charge >= 0.3 is 0 Å². The molecular formula is C12H19ClN2. The lowest BCUT2D eigenvalue weighted by Crippen LogP contribution is -2.34. The van der Waals surface area contributed by atoms with Gasteiger partial charge in [-0.05, 0) is 38.3 Å². The topological polar surface area (TPSA) is 24.9 Å². The molecule has 0 aliphatic rings. The van der Waals surface area contributed by atoms with Crippen LogP contribution < -0.4 is 5.32 Å². The van der Waals surface area contributed by atoms with Crippen molar-refractivity contribution in [2.45, 2.75) is 39.2 Å². The van der Waals surface area contributed by atoms with Crippen molar-refractivity contribution in [3.63, 3.8) is 0 Å². The fourth-order valence-corrected chi connectivity index (χ4v) is 1.80. The Bertz CT molecular complexity index is 297. The minimum absolute atomic E-state index is 0.0456. The normalized spacial score (nSPS) is 14.7. The largest absolute Gasteiger partial charge is 0.365 e. The maximum atomic E-state index is 5.80. The third-order valence-electron chi connectivity index (χ3n) is 2.77. The molecule has 0 spiro atoms. The van der Waals surface area contributed by atoms with Crippen molar-refractivity contribution < 1.29 is 0 Å². The van der Waals surface area contributed by atoms with Gasteiger partial charge in [0.2, 0.25) is 0 Å². The van der Waals surface area contributed by atoms with E-state index in [0.717, 1.165) is 18.7 Å². The van der Waals surface area contributed by atoms with Gasteiger partial charge in [0.25, 0.3) is 0 Å². The smallest absolute Gasteiger partial charge is 0.126 e. The summed E-state index contributed by atoms with van der Waals surface area (Å²) in [5, 5.41) is 3.44. The number of aromatic nitrogens is 1. The van der Waals surface area contributed by atoms with Crippen LogP contribution in [0.15, 0.2) is 18.3 Å². The molecular weight excluding hydrogens is 208 g/mol. The SMILES string of the molecule is CCC(C)(CCCl)Nc1ccc(C)cn1. The molecule has 0 aromatic carbocycles. The van der Waals surface area contributed by atoms with Gasteiger partial charge in [-0.2, -0.15) is 0 Å². The average Bonchev–Trinajstić information content (AvgIpc) is 2.22. The fraction of sp³-hybridized carbons (Fsp3) is 0.583. The van der Waals surface area contributed by atoms with Gasteiger partial charge in [-0.1, -0.05) is 13.0 Å². The number of alkyl halides is 1. The Morgan fingerprint density at radius 3 is 2.67 bits per heavy atom. The highest BCUT2D eigenvalue weighted by Gasteiger charge is 2.20. The molecule has 0 aliphatic carbocycles. The zero-order valence-electron chi connectivity index (χ0n) is 9.68. The number of anilines is 1. The lowest BCUT2D eigenvalue weighted by atomic mass is 9.95. The zero-order valence-corrected chi connectivity index (χ0v) is 10.4. The molecule has 1 atom stereocenters. The minimum Gasteiger partial charge on any atom is -0.365 e. The summed E-state index contributed by atoms with van der Waals surface area (Å²) in [7, 11) is 0. The second kappa shape index (κ2) is 5.36. The minimum atomic E-state index is 0.0456. The van der Waals surface area contributed by atoms with E-state index in [1.54, 1.807) is 0 Å². The van der Waals surface area contributed by atoms with Crippen molar-refractivity contribution in [3.8, 4) is 0 Å². The fourth-order valence-electron chi connectivity index (χ4n) is 1.39. The Balaban J connectivity index is 2.70. The van der Waals surface area contributed by atoms with E-state index in [9.17, 15) is 0 Å². The molecule has 0 radical (unpaired) electrons. The molecule has 2 nitrogen and oxygen atoms in total. The molecule has 1 heterocycles. The van der Waals surface area contributed by atoms with Crippen LogP contribution >= 0.6 is 11.6 Å². The number of pyridine rings is 1. The molecule has 1 aromatic heterocycles. The first-order valence-electron chi connectivity index (χ1n) is 5.36. The number of halogens is 1. The highest BCUT2D eigenvalue weighted by Crippen LogP contribution is 2.21. The molecule has 0 aliphatic heterocycles. The first-order valence-corrected chi connectivity index (χ1v) is 5.90. The molecule has 0 fully saturated rings. The summed E-state index contributed by atoms with van der Waals surface area (Å²) >= 11 is 5.80. The van der Waals surface area contributed by atoms with Gasteiger partial charge in [-0.25, -0.2) is 4.98 Å². The van der Waals surface area contributed by atoms with Crippen LogP contribution in [0, 0.1) is 6.92 Å². The molecule has 0 amide bonds. The number of hydrogen-bond donors (Lipinski definition) is 1. The molecule has 1 N–H and O–H groups in total. The van der Waals surface area contributed by atoms with Crippen LogP contribution in [-0.4, -0.2) is 16.4 Å². The van der Waals surface area contributed by atoms with Crippen LogP contribution in [0.25, 0.3) is 0 Å². The lowest BCUT2D eigenvalue weighted by molar-refractivity contribution is 0.479. The van der Waals surface area contributed by atoms with Crippen molar-refractivity contribution in [3.05, 3.63) is 23.9 Å². The third kappa shape index (κ3) is 3.71. The Morgan fingerprint density at radius 2 is 2.20 bits per heavy atom. The van der Waals surface area contributed by atoms with E-state index >= 15 is 0 Å². The lowest BCUT2D eigenvalue weighted by Gasteiger charge is -2.29. The maximum absolute atomic E-state index is 5.80. The Labute approximate surface area is 97.1 Å². The summed E-state index contributed by atoms with van der Waals surface area (Å²) in [4.78, 5) is 4.34. The first-order chi connectivity index (χ1) is 7.09. The quantitative estimate of drug-likeness (QED) is 0.777. The van der Waals surface area contributed by atoms with Gasteiger partial charge in [0.15, 0.2) is 0 Å². The van der Waals surface area contributed by atoms with E-state index in [2.05, 4.69) is 30.2 Å². The van der Waals surface area contributed by atoms with Crippen molar-refractivity contribution >= 4 is 17.4 Å². The molecule has 0 saturated carbocycles. The van der Waals surface area contributed by atoms with Gasteiger partial charge in [0.1, 0.15) is 5.82 Å². The summed E-state index contributed by atoms with van der Waals surface area (Å²) in [5.41, 5.74) is 1.22. The molecule has 1 unspecified atom stereocenters. The predicted molar refractivity (Wildman–Crippen MR) is 66.6 cm³/mol. The summed E-state index contributed by atoms with van der Waals surface area (Å²) in [6.45, 7) is 6.37. The average molecular weight is 227 g/mol. The van der Waals surface area contributed by atoms with Crippen molar-refractivity contribution in [1.82, 2.24) is 4.98 Å². The van der Waals surface area contributed by atoms with E-state index in [4.69, 9.17) is 11.6 Å². The Kier molecular flexibility index (Phi) is 4.40. The van der Waals surface area contributed by atoms with Crippen molar-refractivity contribution in [1.29, 1.82) is 0 Å². The Morgan fingerprint density at radius 1 is 1.47 bits per heavy atom. The molecule has 1 aromatic rings. The number of hydrogen-bond acceptors (Lipinski definition) is 2. The summed E-state index contributed by atoms with van der Waals surface area (Å²) < 4.78 is 0. The van der Waals surface area contributed by atoms with E-state index in [-0.39, 0.29) is 5.54 Å². The van der Waals surface area contributed by atoms with E-state index in [1.807, 2.05) is 19.2 Å². The monoisotopic (exact) mass is 226 g/mol. The third-order valence-corrected chi connectivity index (χ3v) is 2.96. The molecule has 84 valence electrons. The summed E-state index contributed by atoms with van der Waals surface area (Å²) in [6.07, 6.45) is 3.86. The van der Waals surface area contributed by atoms with Gasteiger partial charge < -0.3 is 5.32 Å². The first kappa shape index (κ1) is 12.3. The molecule has 0 bridgehead atoms. The van der Waals surface area contributed by atoms with Crippen LogP contribution in [0.3, 0.4) is 0 Å². The van der Waals surface area contributed by atoms with Crippen LogP contribution in [0.5, 0.6) is 0 Å². The predicted octanol–water partition coefficient (Wildman–Crippen LogP) is 3.60. The molecule has 0 saturated heterocycles. The van der Waals surface area contributed by atoms with Gasteiger partial charge in [0.05, 0.1) is 0 Å². The second-order valence-electron chi connectivity index (χ2n) is 4.20. The summed E-state index contributed by atoms with van der Waals surface area (Å²) in [6, 6.07) is 4.07. The van der Waals surface area contributed by atoms with Crippen LogP contribution in [0.4, 0.5) is 5.82 Å². The van der Waals surface area contributed by atoms with Gasteiger partial charge in [0, 0.05) is 17.6 Å². The van der Waals surface area contributed by atoms with E-state index < -0.39 is 0 Å². The van der Waals surface area contributed by atoms with Crippen LogP contribution in [-0.2, 0) is 0 Å². The number of rotatable bonds is 5. The van der Waals surface area contributed by atoms with Crippen LogP contribution in [0.1, 0.15) is 32.3 Å². The van der Waals surface area contributed by atoms with E-state index in [1.165, 1.54) is 5.56 Å². The summed E-state index contributed by atoms with van der Waals surface area (Å²) in [5.74, 6) is 1.60. The maximum Gasteiger partial charge on any atom is 0.126 e. The van der Waals surface area contributed by atoms with Crippen molar-refractivity contribution in [2.24, 2.45) is 0 Å². The van der Waals surface area contributed by atoms with E-state index in [0.29, 0.717) is 5.88 Å². The number of aryl methyl sites for hydroxylation is 1. The molecule has 3 heteroatoms. The standard InChI is InChI=1S/C12H19ClN2/c1-4-12(3,7-8-13)15-11-6-5-10(2)9-14-11/h5-6,9H,4,7-8H2,1-3H3,(H,14,15). The highest BCUT2D eigenvalue weighted by atomic mass is 35.5. The number of nitrogens with one attached hydrogen (secondary N) is 1. The van der Waals surface area contributed by atoms with Crippen molar-refractivity contribution in [2.75, 3.05) is 11.2 Å². The van der Waals surface area contributed by atoms with Gasteiger partial charge in [-0.3, -0.25) is 0 Å². The zero-order chi connectivity index (χ0) is 11.3. The number of nitrogens with zero attached hydrogens (tertiary/aromatic N) is 1. The highest BCUT2D eigenvalue weighted by molar-refractivity contribution is 6.17. The molecule has 15 heavy (non-hydrogen) atoms. The molecule has 1 rings (SSSR count). The van der Waals surface area contributed by atoms with Gasteiger partial charge in [-0.15, -0.1) is 11.6 Å². The Hall–Kier alpha value is -0.760. The second-order valence-corrected chi connectivity index (χ2v) is 4.58. The van der Waals surface area contributed by atoms with Crippen LogP contribution in [0.2, 0.25) is 0 Å².